The molecule has 0 fully saturated rings. The number of aromatic nitrogens is 4. The maximum Gasteiger partial charge on any atom is 0.293 e. The summed E-state index contributed by atoms with van der Waals surface area (Å²) in [4.78, 5) is 18.0. The number of fused-ring (bicyclic) bond motifs is 1. The average Bonchev–Trinajstić information content (AvgIpc) is 3.29. The Hall–Kier alpha value is -3.55. The fraction of sp³-hybridized carbons (Fsp3) is 0.118. The van der Waals surface area contributed by atoms with Crippen molar-refractivity contribution in [1.82, 2.24) is 25.2 Å². The third-order valence-corrected chi connectivity index (χ3v) is 3.66. The van der Waals surface area contributed by atoms with Gasteiger partial charge in [0.2, 0.25) is 23.2 Å². The number of carbonyl (C=O) groups excluding carboxylic acids is 1. The summed E-state index contributed by atoms with van der Waals surface area (Å²) in [7, 11) is 1.62. The Bertz CT molecular complexity index is 1020. The van der Waals surface area contributed by atoms with Gasteiger partial charge >= 0.3 is 0 Å². The smallest absolute Gasteiger partial charge is 0.293 e. The molecule has 124 valence electrons. The molecule has 0 bridgehead atoms. The molecule has 0 atom stereocenters. The van der Waals surface area contributed by atoms with Crippen molar-refractivity contribution in [1.29, 1.82) is 0 Å². The van der Waals surface area contributed by atoms with E-state index in [1.54, 1.807) is 25.4 Å². The predicted molar refractivity (Wildman–Crippen MR) is 87.3 cm³/mol. The largest absolute Gasteiger partial charge is 0.419 e. The molecule has 0 aliphatic heterocycles. The molecule has 8 nitrogen and oxygen atoms in total. The van der Waals surface area contributed by atoms with Crippen LogP contribution in [0.25, 0.3) is 22.5 Å². The van der Waals surface area contributed by atoms with Crippen LogP contribution < -0.4 is 0 Å². The van der Waals surface area contributed by atoms with E-state index in [9.17, 15) is 4.79 Å². The van der Waals surface area contributed by atoms with Crippen LogP contribution in [0, 0.1) is 0 Å². The number of hydrogen-bond donors (Lipinski definition) is 0. The molecule has 0 saturated carbocycles. The van der Waals surface area contributed by atoms with E-state index in [2.05, 4.69) is 20.3 Å². The molecule has 8 heteroatoms. The van der Waals surface area contributed by atoms with E-state index < -0.39 is 0 Å². The second-order valence-corrected chi connectivity index (χ2v) is 5.41. The molecule has 1 aromatic carbocycles. The SMILES string of the molecule is CN(Cc1nnc(-c2ccccc2)o1)C(=O)c1onc2ncccc12. The van der Waals surface area contributed by atoms with E-state index in [1.807, 2.05) is 30.3 Å². The summed E-state index contributed by atoms with van der Waals surface area (Å²) >= 11 is 0. The van der Waals surface area contributed by atoms with Crippen LogP contribution in [0.1, 0.15) is 16.4 Å². The van der Waals surface area contributed by atoms with Crippen molar-refractivity contribution < 1.29 is 13.7 Å². The van der Waals surface area contributed by atoms with Crippen LogP contribution >= 0.6 is 0 Å². The van der Waals surface area contributed by atoms with Gasteiger partial charge in [-0.1, -0.05) is 23.4 Å². The lowest BCUT2D eigenvalue weighted by Crippen LogP contribution is -2.26. The fourth-order valence-corrected chi connectivity index (χ4v) is 2.40. The first-order valence-electron chi connectivity index (χ1n) is 7.56. The number of carbonyl (C=O) groups is 1. The minimum atomic E-state index is -0.338. The summed E-state index contributed by atoms with van der Waals surface area (Å²) in [6.45, 7) is 0.154. The van der Waals surface area contributed by atoms with Crippen LogP contribution in [-0.4, -0.2) is 38.2 Å². The van der Waals surface area contributed by atoms with Crippen LogP contribution in [0.3, 0.4) is 0 Å². The highest BCUT2D eigenvalue weighted by atomic mass is 16.5. The normalized spacial score (nSPS) is 10.9. The van der Waals surface area contributed by atoms with E-state index in [0.29, 0.717) is 22.8 Å². The molecule has 0 aliphatic carbocycles. The predicted octanol–water partition coefficient (Wildman–Crippen LogP) is 2.55. The molecular weight excluding hydrogens is 322 g/mol. The molecule has 0 saturated heterocycles. The molecule has 0 radical (unpaired) electrons. The second kappa shape index (κ2) is 6.16. The molecule has 0 unspecified atom stereocenters. The molecule has 4 aromatic rings. The number of nitrogens with zero attached hydrogens (tertiary/aromatic N) is 5. The lowest BCUT2D eigenvalue weighted by Gasteiger charge is -2.12. The Balaban J connectivity index is 1.53. The van der Waals surface area contributed by atoms with Crippen molar-refractivity contribution in [2.45, 2.75) is 6.54 Å². The molecule has 0 N–H and O–H groups in total. The summed E-state index contributed by atoms with van der Waals surface area (Å²) in [6.07, 6.45) is 1.59. The Morgan fingerprint density at radius 3 is 2.80 bits per heavy atom. The van der Waals surface area contributed by atoms with E-state index >= 15 is 0 Å². The highest BCUT2D eigenvalue weighted by Gasteiger charge is 2.22. The molecule has 0 aliphatic rings. The van der Waals surface area contributed by atoms with Crippen molar-refractivity contribution in [3.8, 4) is 11.5 Å². The van der Waals surface area contributed by atoms with Gasteiger partial charge in [0.1, 0.15) is 0 Å². The monoisotopic (exact) mass is 335 g/mol. The summed E-state index contributed by atoms with van der Waals surface area (Å²) in [5.74, 6) is 0.533. The van der Waals surface area contributed by atoms with Crippen molar-refractivity contribution in [2.24, 2.45) is 0 Å². The lowest BCUT2D eigenvalue weighted by molar-refractivity contribution is 0.0734. The standard InChI is InChI=1S/C17H13N5O3/c1-22(17(23)14-12-8-5-9-18-15(12)21-25-14)10-13-19-20-16(24-13)11-6-3-2-4-7-11/h2-9H,10H2,1H3. The van der Waals surface area contributed by atoms with Crippen molar-refractivity contribution >= 4 is 16.9 Å². The summed E-state index contributed by atoms with van der Waals surface area (Å²) in [6, 6.07) is 12.9. The first-order valence-corrected chi connectivity index (χ1v) is 7.56. The van der Waals surface area contributed by atoms with Gasteiger partial charge in [-0.15, -0.1) is 10.2 Å². The van der Waals surface area contributed by atoms with E-state index in [0.717, 1.165) is 5.56 Å². The Morgan fingerprint density at radius 2 is 1.96 bits per heavy atom. The third-order valence-electron chi connectivity index (χ3n) is 3.66. The molecule has 3 heterocycles. The van der Waals surface area contributed by atoms with Crippen LogP contribution in [0.15, 0.2) is 57.6 Å². The summed E-state index contributed by atoms with van der Waals surface area (Å²) in [5, 5.41) is 12.4. The molecule has 25 heavy (non-hydrogen) atoms. The minimum Gasteiger partial charge on any atom is -0.419 e. The van der Waals surface area contributed by atoms with Gasteiger partial charge in [-0.05, 0) is 24.3 Å². The third kappa shape index (κ3) is 2.85. The zero-order valence-corrected chi connectivity index (χ0v) is 13.3. The van der Waals surface area contributed by atoms with Crippen LogP contribution in [-0.2, 0) is 6.54 Å². The first-order chi connectivity index (χ1) is 12.2. The van der Waals surface area contributed by atoms with E-state index in [4.69, 9.17) is 8.94 Å². The van der Waals surface area contributed by atoms with Crippen molar-refractivity contribution in [3.05, 3.63) is 60.3 Å². The highest BCUT2D eigenvalue weighted by Crippen LogP contribution is 2.20. The van der Waals surface area contributed by atoms with Gasteiger partial charge in [-0.2, -0.15) is 0 Å². The molecule has 4 rings (SSSR count). The second-order valence-electron chi connectivity index (χ2n) is 5.41. The summed E-state index contributed by atoms with van der Waals surface area (Å²) in [5.41, 5.74) is 1.21. The van der Waals surface area contributed by atoms with Gasteiger partial charge < -0.3 is 13.8 Å². The zero-order chi connectivity index (χ0) is 17.2. The lowest BCUT2D eigenvalue weighted by atomic mass is 10.2. The maximum atomic E-state index is 12.6. The maximum absolute atomic E-state index is 12.6. The number of hydrogen-bond acceptors (Lipinski definition) is 7. The zero-order valence-electron chi connectivity index (χ0n) is 13.3. The van der Waals surface area contributed by atoms with Crippen molar-refractivity contribution in [2.75, 3.05) is 7.05 Å². The topological polar surface area (TPSA) is 98.2 Å². The molecular formula is C17H13N5O3. The van der Waals surface area contributed by atoms with Gasteiger partial charge in [-0.25, -0.2) is 4.98 Å². The van der Waals surface area contributed by atoms with E-state index in [-0.39, 0.29) is 18.2 Å². The first kappa shape index (κ1) is 15.0. The number of amides is 1. The number of rotatable bonds is 4. The van der Waals surface area contributed by atoms with Gasteiger partial charge in [0.15, 0.2) is 0 Å². The van der Waals surface area contributed by atoms with Crippen LogP contribution in [0.2, 0.25) is 0 Å². The minimum absolute atomic E-state index is 0.133. The Morgan fingerprint density at radius 1 is 1.12 bits per heavy atom. The highest BCUT2D eigenvalue weighted by molar-refractivity contribution is 6.02. The van der Waals surface area contributed by atoms with Gasteiger partial charge in [0.05, 0.1) is 11.9 Å². The summed E-state index contributed by atoms with van der Waals surface area (Å²) < 4.78 is 10.8. The van der Waals surface area contributed by atoms with Crippen LogP contribution in [0.5, 0.6) is 0 Å². The van der Waals surface area contributed by atoms with Gasteiger partial charge in [0, 0.05) is 18.8 Å². The van der Waals surface area contributed by atoms with E-state index in [1.165, 1.54) is 4.90 Å². The van der Waals surface area contributed by atoms with Crippen molar-refractivity contribution in [3.63, 3.8) is 0 Å². The molecule has 3 aromatic heterocycles. The fourth-order valence-electron chi connectivity index (χ4n) is 2.40. The average molecular weight is 335 g/mol. The Kier molecular flexibility index (Phi) is 3.70. The molecule has 0 spiro atoms. The van der Waals surface area contributed by atoms with Crippen LogP contribution in [0.4, 0.5) is 0 Å². The van der Waals surface area contributed by atoms with Gasteiger partial charge in [-0.3, -0.25) is 4.79 Å². The number of pyridine rings is 1. The number of benzene rings is 1. The Labute approximate surface area is 142 Å². The van der Waals surface area contributed by atoms with Gasteiger partial charge in [0.25, 0.3) is 5.91 Å². The molecule has 1 amide bonds. The quantitative estimate of drug-likeness (QED) is 0.565.